The number of para-hydroxylation sites is 2. The molecule has 2 saturated heterocycles. The lowest BCUT2D eigenvalue weighted by Crippen LogP contribution is -2.45. The van der Waals surface area contributed by atoms with E-state index >= 15 is 0 Å². The molecule has 2 heterocycles. The zero-order chi connectivity index (χ0) is 21.1. The van der Waals surface area contributed by atoms with E-state index in [1.165, 1.54) is 6.07 Å². The molecule has 1 spiro atoms. The van der Waals surface area contributed by atoms with Crippen LogP contribution in [0.1, 0.15) is 30.4 Å². The van der Waals surface area contributed by atoms with Crippen molar-refractivity contribution in [3.63, 3.8) is 0 Å². The molecule has 0 aliphatic carbocycles. The SMILES string of the molecule is Cc1ccccc1OCC(=O)N1CCC2(CCN(Cc3cccc(O)c3O)C2)CC1. The second-order valence-corrected chi connectivity index (χ2v) is 8.68. The third-order valence-electron chi connectivity index (χ3n) is 6.63. The summed E-state index contributed by atoms with van der Waals surface area (Å²) in [4.78, 5) is 16.9. The number of rotatable bonds is 5. The highest BCUT2D eigenvalue weighted by molar-refractivity contribution is 5.78. The molecule has 30 heavy (non-hydrogen) atoms. The average molecular weight is 411 g/mol. The van der Waals surface area contributed by atoms with Gasteiger partial charge in [-0.3, -0.25) is 9.69 Å². The highest BCUT2D eigenvalue weighted by Crippen LogP contribution is 2.41. The highest BCUT2D eigenvalue weighted by atomic mass is 16.5. The van der Waals surface area contributed by atoms with Crippen LogP contribution in [0.15, 0.2) is 42.5 Å². The van der Waals surface area contributed by atoms with Crippen molar-refractivity contribution in [3.05, 3.63) is 53.6 Å². The van der Waals surface area contributed by atoms with Gasteiger partial charge in [-0.25, -0.2) is 0 Å². The number of nitrogens with zero attached hydrogens (tertiary/aromatic N) is 2. The molecular weight excluding hydrogens is 380 g/mol. The average Bonchev–Trinajstić information content (AvgIpc) is 3.13. The van der Waals surface area contributed by atoms with Crippen LogP contribution in [0.2, 0.25) is 0 Å². The number of aryl methyl sites for hydroxylation is 1. The molecular formula is C24H30N2O4. The summed E-state index contributed by atoms with van der Waals surface area (Å²) in [6.07, 6.45) is 3.09. The Morgan fingerprint density at radius 2 is 1.77 bits per heavy atom. The lowest BCUT2D eigenvalue weighted by atomic mass is 9.78. The van der Waals surface area contributed by atoms with E-state index < -0.39 is 0 Å². The van der Waals surface area contributed by atoms with Crippen molar-refractivity contribution >= 4 is 5.91 Å². The summed E-state index contributed by atoms with van der Waals surface area (Å²) >= 11 is 0. The second-order valence-electron chi connectivity index (χ2n) is 8.68. The monoisotopic (exact) mass is 410 g/mol. The molecule has 2 N–H and O–H groups in total. The summed E-state index contributed by atoms with van der Waals surface area (Å²) in [7, 11) is 0. The Labute approximate surface area is 177 Å². The Morgan fingerprint density at radius 1 is 1.03 bits per heavy atom. The van der Waals surface area contributed by atoms with Gasteiger partial charge in [0.1, 0.15) is 5.75 Å². The number of hydrogen-bond donors (Lipinski definition) is 2. The van der Waals surface area contributed by atoms with Crippen molar-refractivity contribution in [2.45, 2.75) is 32.7 Å². The number of likely N-dealkylation sites (tertiary alicyclic amines) is 2. The van der Waals surface area contributed by atoms with E-state index in [2.05, 4.69) is 4.90 Å². The number of amides is 1. The van der Waals surface area contributed by atoms with Crippen LogP contribution in [-0.2, 0) is 11.3 Å². The second kappa shape index (κ2) is 8.56. The molecule has 0 saturated carbocycles. The minimum absolute atomic E-state index is 0.0208. The van der Waals surface area contributed by atoms with Crippen LogP contribution in [0.5, 0.6) is 17.2 Å². The van der Waals surface area contributed by atoms with E-state index in [0.717, 1.165) is 62.3 Å². The Hall–Kier alpha value is -2.73. The van der Waals surface area contributed by atoms with Gasteiger partial charge in [0.15, 0.2) is 18.1 Å². The molecule has 2 aliphatic rings. The Balaban J connectivity index is 1.27. The van der Waals surface area contributed by atoms with Crippen molar-refractivity contribution in [3.8, 4) is 17.2 Å². The number of ether oxygens (including phenoxy) is 1. The summed E-state index contributed by atoms with van der Waals surface area (Å²) in [6.45, 7) is 6.16. The minimum atomic E-state index is -0.0684. The minimum Gasteiger partial charge on any atom is -0.504 e. The topological polar surface area (TPSA) is 73.2 Å². The zero-order valence-electron chi connectivity index (χ0n) is 17.5. The van der Waals surface area contributed by atoms with E-state index in [1.54, 1.807) is 6.07 Å². The van der Waals surface area contributed by atoms with Crippen LogP contribution < -0.4 is 4.74 Å². The molecule has 6 heteroatoms. The maximum Gasteiger partial charge on any atom is 0.260 e. The number of aromatic hydroxyl groups is 2. The fraction of sp³-hybridized carbons (Fsp3) is 0.458. The summed E-state index contributed by atoms with van der Waals surface area (Å²) in [5, 5.41) is 19.8. The van der Waals surface area contributed by atoms with Crippen molar-refractivity contribution in [2.75, 3.05) is 32.8 Å². The maximum absolute atomic E-state index is 12.6. The van der Waals surface area contributed by atoms with Gasteiger partial charge in [-0.05, 0) is 55.8 Å². The Kier molecular flexibility index (Phi) is 5.86. The van der Waals surface area contributed by atoms with Crippen LogP contribution in [0.3, 0.4) is 0 Å². The summed E-state index contributed by atoms with van der Waals surface area (Å²) in [5.74, 6) is 0.724. The number of phenols is 2. The van der Waals surface area contributed by atoms with Gasteiger partial charge in [-0.15, -0.1) is 0 Å². The first-order valence-electron chi connectivity index (χ1n) is 10.6. The maximum atomic E-state index is 12.6. The molecule has 0 radical (unpaired) electrons. The first-order chi connectivity index (χ1) is 14.5. The number of carbonyl (C=O) groups is 1. The van der Waals surface area contributed by atoms with Crippen LogP contribution >= 0.6 is 0 Å². The van der Waals surface area contributed by atoms with Crippen LogP contribution in [-0.4, -0.2) is 58.7 Å². The van der Waals surface area contributed by atoms with Crippen LogP contribution in [0.4, 0.5) is 0 Å². The van der Waals surface area contributed by atoms with Gasteiger partial charge in [0.25, 0.3) is 5.91 Å². The van der Waals surface area contributed by atoms with E-state index in [1.807, 2.05) is 42.2 Å². The van der Waals surface area contributed by atoms with Gasteiger partial charge in [0.05, 0.1) is 0 Å². The highest BCUT2D eigenvalue weighted by Gasteiger charge is 2.41. The smallest absolute Gasteiger partial charge is 0.260 e. The summed E-state index contributed by atoms with van der Waals surface area (Å²) < 4.78 is 5.73. The van der Waals surface area contributed by atoms with Gasteiger partial charge in [0.2, 0.25) is 0 Å². The fourth-order valence-electron chi connectivity index (χ4n) is 4.70. The van der Waals surface area contributed by atoms with Gasteiger partial charge < -0.3 is 19.8 Å². The molecule has 160 valence electrons. The quantitative estimate of drug-likeness (QED) is 0.740. The molecule has 2 aromatic rings. The molecule has 1 amide bonds. The Morgan fingerprint density at radius 3 is 2.53 bits per heavy atom. The van der Waals surface area contributed by atoms with Gasteiger partial charge in [-0.1, -0.05) is 30.3 Å². The number of hydrogen-bond acceptors (Lipinski definition) is 5. The number of carbonyl (C=O) groups excluding carboxylic acids is 1. The molecule has 2 aromatic carbocycles. The summed E-state index contributed by atoms with van der Waals surface area (Å²) in [6, 6.07) is 12.9. The molecule has 4 rings (SSSR count). The molecule has 2 fully saturated rings. The molecule has 0 bridgehead atoms. The molecule has 2 aliphatic heterocycles. The summed E-state index contributed by atoms with van der Waals surface area (Å²) in [5.41, 5.74) is 2.03. The number of piperidine rings is 1. The lowest BCUT2D eigenvalue weighted by molar-refractivity contribution is -0.135. The van der Waals surface area contributed by atoms with Crippen molar-refractivity contribution in [1.82, 2.24) is 9.80 Å². The van der Waals surface area contributed by atoms with E-state index in [0.29, 0.717) is 6.54 Å². The standard InChI is InChI=1S/C24H30N2O4/c1-18-5-2-3-8-21(18)30-16-22(28)26-13-10-24(11-14-26)9-12-25(17-24)15-19-6-4-7-20(27)23(19)29/h2-8,27,29H,9-17H2,1H3. The Bertz CT molecular complexity index is 906. The third kappa shape index (κ3) is 4.38. The number of benzene rings is 2. The predicted molar refractivity (Wildman–Crippen MR) is 115 cm³/mol. The zero-order valence-corrected chi connectivity index (χ0v) is 17.5. The molecule has 0 aromatic heterocycles. The van der Waals surface area contributed by atoms with Crippen molar-refractivity contribution in [1.29, 1.82) is 0 Å². The normalized spacial score (nSPS) is 18.6. The van der Waals surface area contributed by atoms with Crippen LogP contribution in [0, 0.1) is 12.3 Å². The van der Waals surface area contributed by atoms with E-state index in [9.17, 15) is 15.0 Å². The van der Waals surface area contributed by atoms with Gasteiger partial charge in [0, 0.05) is 31.7 Å². The van der Waals surface area contributed by atoms with Gasteiger partial charge in [-0.2, -0.15) is 0 Å². The predicted octanol–water partition coefficient (Wildman–Crippen LogP) is 3.30. The first-order valence-corrected chi connectivity index (χ1v) is 10.6. The van der Waals surface area contributed by atoms with Gasteiger partial charge >= 0.3 is 0 Å². The van der Waals surface area contributed by atoms with E-state index in [4.69, 9.17) is 4.74 Å². The third-order valence-corrected chi connectivity index (χ3v) is 6.63. The molecule has 6 nitrogen and oxygen atoms in total. The lowest BCUT2D eigenvalue weighted by Gasteiger charge is -2.39. The fourth-order valence-corrected chi connectivity index (χ4v) is 4.70. The van der Waals surface area contributed by atoms with Crippen molar-refractivity contribution < 1.29 is 19.7 Å². The first kappa shape index (κ1) is 20.5. The molecule has 0 unspecified atom stereocenters. The number of phenolic OH excluding ortho intramolecular Hbond substituents is 2. The van der Waals surface area contributed by atoms with Crippen molar-refractivity contribution in [2.24, 2.45) is 5.41 Å². The largest absolute Gasteiger partial charge is 0.504 e. The molecule has 0 atom stereocenters. The van der Waals surface area contributed by atoms with Crippen LogP contribution in [0.25, 0.3) is 0 Å². The van der Waals surface area contributed by atoms with E-state index in [-0.39, 0.29) is 29.4 Å².